The largest absolute Gasteiger partial charge is 0.461 e. The van der Waals surface area contributed by atoms with Gasteiger partial charge in [-0.3, -0.25) is 4.79 Å². The van der Waals surface area contributed by atoms with Crippen LogP contribution in [0.4, 0.5) is 0 Å². The molecule has 3 heterocycles. The van der Waals surface area contributed by atoms with Gasteiger partial charge in [-0.05, 0) is 12.5 Å². The lowest BCUT2D eigenvalue weighted by Gasteiger charge is -2.47. The highest BCUT2D eigenvalue weighted by atomic mass is 16.6. The summed E-state index contributed by atoms with van der Waals surface area (Å²) in [7, 11) is 2.31. The molecule has 0 amide bonds. The van der Waals surface area contributed by atoms with Crippen molar-refractivity contribution in [2.45, 2.75) is 56.1 Å². The van der Waals surface area contributed by atoms with Gasteiger partial charge in [0.1, 0.15) is 36.3 Å². The average molecular weight is 332 g/mol. The Morgan fingerprint density at radius 3 is 2.46 bits per heavy atom. The van der Waals surface area contributed by atoms with Gasteiger partial charge in [-0.25, -0.2) is 0 Å². The summed E-state index contributed by atoms with van der Waals surface area (Å²) in [5.74, 6) is -0.904. The number of fused-ring (bicyclic) bond motifs is 5. The molecule has 3 aliphatic heterocycles. The number of quaternary nitrogens is 1. The van der Waals surface area contributed by atoms with E-state index >= 15 is 0 Å². The zero-order chi connectivity index (χ0) is 16.9. The molecule has 24 heavy (non-hydrogen) atoms. The molecule has 0 radical (unpaired) electrons. The fourth-order valence-corrected chi connectivity index (χ4v) is 4.87. The number of likely N-dealkylation sites (N-methyl/N-ethyl adjacent to an activating group) is 1. The number of carbonyl (C=O) groups is 1. The van der Waals surface area contributed by atoms with Gasteiger partial charge < -0.3 is 19.1 Å². The molecule has 1 aromatic rings. The Morgan fingerprint density at radius 1 is 1.29 bits per heavy atom. The van der Waals surface area contributed by atoms with Gasteiger partial charge in [0.05, 0.1) is 20.2 Å². The number of epoxide rings is 1. The molecule has 0 aromatic heterocycles. The summed E-state index contributed by atoms with van der Waals surface area (Å²) in [5.41, 5.74) is 0.809. The third kappa shape index (κ3) is 2.38. The van der Waals surface area contributed by atoms with Crippen molar-refractivity contribution in [3.63, 3.8) is 0 Å². The van der Waals surface area contributed by atoms with E-state index < -0.39 is 5.92 Å². The molecule has 130 valence electrons. The van der Waals surface area contributed by atoms with Gasteiger partial charge in [0.15, 0.2) is 0 Å². The molecule has 5 nitrogen and oxygen atoms in total. The standard InChI is InChI=1S/C19H26NO4/c1-3-20(2)15-9-13(10-16(20)18-17(15)24-18)23-19(22)14(11-21)12-7-5-4-6-8-12/h4-8,13-18,21H,3,9-11H2,1-2H3/q+1/t13?,14-,15?,16?,17+,18?,20?/m1/s1. The molecule has 1 N–H and O–H groups in total. The van der Waals surface area contributed by atoms with E-state index in [0.717, 1.165) is 29.4 Å². The van der Waals surface area contributed by atoms with Crippen LogP contribution in [0.25, 0.3) is 0 Å². The maximum atomic E-state index is 12.6. The number of aliphatic hydroxyl groups is 1. The van der Waals surface area contributed by atoms with Crippen LogP contribution in [0.1, 0.15) is 31.2 Å². The Morgan fingerprint density at radius 2 is 1.92 bits per heavy atom. The van der Waals surface area contributed by atoms with Gasteiger partial charge in [-0.2, -0.15) is 0 Å². The Labute approximate surface area is 142 Å². The van der Waals surface area contributed by atoms with E-state index in [9.17, 15) is 9.90 Å². The summed E-state index contributed by atoms with van der Waals surface area (Å²) >= 11 is 0. The highest BCUT2D eigenvalue weighted by molar-refractivity contribution is 5.78. The van der Waals surface area contributed by atoms with Crippen molar-refractivity contribution in [3.05, 3.63) is 35.9 Å². The van der Waals surface area contributed by atoms with E-state index in [1.165, 1.54) is 0 Å². The number of piperidine rings is 1. The lowest BCUT2D eigenvalue weighted by molar-refractivity contribution is -0.954. The van der Waals surface area contributed by atoms with Gasteiger partial charge in [0.25, 0.3) is 0 Å². The van der Waals surface area contributed by atoms with Crippen molar-refractivity contribution in [2.75, 3.05) is 20.2 Å². The Hall–Kier alpha value is -1.43. The molecule has 1 aromatic carbocycles. The molecule has 3 saturated heterocycles. The maximum Gasteiger partial charge on any atom is 0.316 e. The fourth-order valence-electron chi connectivity index (χ4n) is 4.87. The molecule has 3 fully saturated rings. The van der Waals surface area contributed by atoms with Gasteiger partial charge in [-0.1, -0.05) is 30.3 Å². The molecule has 3 aliphatic rings. The number of carbonyl (C=O) groups excluding carboxylic acids is 1. The van der Waals surface area contributed by atoms with Crippen molar-refractivity contribution in [1.82, 2.24) is 0 Å². The van der Waals surface area contributed by atoms with E-state index in [1.807, 2.05) is 30.3 Å². The number of esters is 1. The molecule has 0 spiro atoms. The summed E-state index contributed by atoms with van der Waals surface area (Å²) < 4.78 is 12.7. The average Bonchev–Trinajstić information content (AvgIpc) is 3.35. The zero-order valence-electron chi connectivity index (χ0n) is 14.3. The molecular weight excluding hydrogens is 306 g/mol. The van der Waals surface area contributed by atoms with Crippen LogP contribution >= 0.6 is 0 Å². The summed E-state index contributed by atoms with van der Waals surface area (Å²) in [6, 6.07) is 10.2. The minimum Gasteiger partial charge on any atom is -0.461 e. The number of morpholine rings is 1. The summed E-state index contributed by atoms with van der Waals surface area (Å²) in [6.07, 6.45) is 2.37. The Kier molecular flexibility index (Phi) is 3.90. The van der Waals surface area contributed by atoms with Crippen molar-refractivity contribution < 1.29 is 23.9 Å². The van der Waals surface area contributed by atoms with Crippen LogP contribution < -0.4 is 0 Å². The second-order valence-corrected chi connectivity index (χ2v) is 7.54. The van der Waals surface area contributed by atoms with E-state index in [0.29, 0.717) is 24.3 Å². The van der Waals surface area contributed by atoms with Crippen LogP contribution in [0.15, 0.2) is 30.3 Å². The smallest absolute Gasteiger partial charge is 0.316 e. The fraction of sp³-hybridized carbons (Fsp3) is 0.632. The SMILES string of the molecule is CC[N+]1(C)C2CC(OC(=O)[C@H](CO)c3ccccc3)CC1[C@@H]1OC21. The van der Waals surface area contributed by atoms with Gasteiger partial charge in [0, 0.05) is 12.8 Å². The highest BCUT2D eigenvalue weighted by Crippen LogP contribution is 2.52. The van der Waals surface area contributed by atoms with Crippen LogP contribution in [-0.4, -0.2) is 66.2 Å². The third-order valence-corrected chi connectivity index (χ3v) is 6.48. The Balaban J connectivity index is 1.44. The number of hydrogen-bond donors (Lipinski definition) is 1. The predicted molar refractivity (Wildman–Crippen MR) is 88.3 cm³/mol. The first-order valence-electron chi connectivity index (χ1n) is 8.95. The zero-order valence-corrected chi connectivity index (χ0v) is 14.3. The first kappa shape index (κ1) is 16.1. The number of benzene rings is 1. The normalized spacial score (nSPS) is 40.7. The highest BCUT2D eigenvalue weighted by Gasteiger charge is 2.71. The number of aliphatic hydroxyl groups excluding tert-OH is 1. The van der Waals surface area contributed by atoms with E-state index in [-0.39, 0.29) is 18.7 Å². The molecule has 0 saturated carbocycles. The van der Waals surface area contributed by atoms with Crippen molar-refractivity contribution >= 4 is 5.97 Å². The number of hydrogen-bond acceptors (Lipinski definition) is 4. The van der Waals surface area contributed by atoms with Crippen LogP contribution in [-0.2, 0) is 14.3 Å². The minimum absolute atomic E-state index is 0.0561. The maximum absolute atomic E-state index is 12.6. The van der Waals surface area contributed by atoms with Crippen molar-refractivity contribution in [1.29, 1.82) is 0 Å². The van der Waals surface area contributed by atoms with Crippen molar-refractivity contribution in [3.8, 4) is 0 Å². The quantitative estimate of drug-likeness (QED) is 0.504. The topological polar surface area (TPSA) is 59.1 Å². The Bertz CT molecular complexity index is 601. The van der Waals surface area contributed by atoms with Crippen molar-refractivity contribution in [2.24, 2.45) is 0 Å². The number of nitrogens with zero attached hydrogens (tertiary/aromatic N) is 1. The van der Waals surface area contributed by atoms with E-state index in [1.54, 1.807) is 0 Å². The lowest BCUT2D eigenvalue weighted by atomic mass is 9.95. The molecular formula is C19H26NO4+. The van der Waals surface area contributed by atoms with E-state index in [2.05, 4.69) is 14.0 Å². The van der Waals surface area contributed by atoms with E-state index in [4.69, 9.17) is 9.47 Å². The third-order valence-electron chi connectivity index (χ3n) is 6.48. The second-order valence-electron chi connectivity index (χ2n) is 7.54. The van der Waals surface area contributed by atoms with Gasteiger partial charge >= 0.3 is 5.97 Å². The van der Waals surface area contributed by atoms with Crippen LogP contribution in [0.3, 0.4) is 0 Å². The number of rotatable bonds is 5. The lowest BCUT2D eigenvalue weighted by Crippen LogP contribution is -2.62. The number of ether oxygens (including phenoxy) is 2. The molecule has 5 heteroatoms. The predicted octanol–water partition coefficient (Wildman–Crippen LogP) is 1.45. The van der Waals surface area contributed by atoms with Crippen LogP contribution in [0.5, 0.6) is 0 Å². The van der Waals surface area contributed by atoms with Crippen LogP contribution in [0, 0.1) is 0 Å². The molecule has 5 unspecified atom stereocenters. The molecule has 4 rings (SSSR count). The minimum atomic E-state index is -0.594. The molecule has 7 atom stereocenters. The summed E-state index contributed by atoms with van der Waals surface area (Å²) in [6.45, 7) is 3.10. The molecule has 0 aliphatic carbocycles. The first-order valence-corrected chi connectivity index (χ1v) is 8.95. The van der Waals surface area contributed by atoms with Crippen LogP contribution in [0.2, 0.25) is 0 Å². The summed E-state index contributed by atoms with van der Waals surface area (Å²) in [5, 5.41) is 9.64. The monoisotopic (exact) mass is 332 g/mol. The first-order chi connectivity index (χ1) is 11.6. The van der Waals surface area contributed by atoms with Gasteiger partial charge in [0.2, 0.25) is 0 Å². The second kappa shape index (κ2) is 5.83. The summed E-state index contributed by atoms with van der Waals surface area (Å²) in [4.78, 5) is 12.6. The molecule has 2 bridgehead atoms. The van der Waals surface area contributed by atoms with Gasteiger partial charge in [-0.15, -0.1) is 0 Å².